The van der Waals surface area contributed by atoms with Gasteiger partial charge in [-0.25, -0.2) is 9.36 Å². The average molecular weight is 885 g/mol. The Morgan fingerprint density at radius 2 is 0.984 bits per heavy atom. The quantitative estimate of drug-likeness (QED) is 0.0120. The van der Waals surface area contributed by atoms with Gasteiger partial charge in [-0.1, -0.05) is 147 Å². The Kier molecular flexibility index (Phi) is 38.9. The van der Waals surface area contributed by atoms with E-state index in [4.69, 9.17) is 23.3 Å². The summed E-state index contributed by atoms with van der Waals surface area (Å²) in [6.45, 7) is 9.71. The van der Waals surface area contributed by atoms with Gasteiger partial charge in [-0.15, -0.1) is 0 Å². The van der Waals surface area contributed by atoms with Crippen LogP contribution in [0.4, 0.5) is 0 Å². The Morgan fingerprint density at radius 1 is 0.574 bits per heavy atom. The zero-order valence-electron chi connectivity index (χ0n) is 39.7. The summed E-state index contributed by atoms with van der Waals surface area (Å²) in [4.78, 5) is 47.5. The molecule has 11 nitrogen and oxygen atoms in total. The molecule has 0 aromatic rings. The van der Waals surface area contributed by atoms with Crippen molar-refractivity contribution in [3.63, 3.8) is 0 Å². The van der Waals surface area contributed by atoms with E-state index in [0.29, 0.717) is 36.0 Å². The molecule has 0 saturated carbocycles. The van der Waals surface area contributed by atoms with Crippen LogP contribution in [0.5, 0.6) is 0 Å². The van der Waals surface area contributed by atoms with E-state index >= 15 is 0 Å². The molecule has 0 rings (SSSR count). The number of rotatable bonds is 44. The van der Waals surface area contributed by atoms with Gasteiger partial charge < -0.3 is 23.6 Å². The van der Waals surface area contributed by atoms with Gasteiger partial charge in [0.05, 0.1) is 20.7 Å². The molecule has 12 heteroatoms. The number of carbonyl (C=O) groups excluding carboxylic acids is 3. The number of phosphoric acid groups is 1. The summed E-state index contributed by atoms with van der Waals surface area (Å²) in [5, 5.41) is 0. The number of hydrogen-bond acceptors (Lipinski definition) is 9. The fourth-order valence-electron chi connectivity index (χ4n) is 6.54. The van der Waals surface area contributed by atoms with E-state index in [1.54, 1.807) is 6.92 Å². The monoisotopic (exact) mass is 885 g/mol. The lowest BCUT2D eigenvalue weighted by molar-refractivity contribution is -0.890. The predicted octanol–water partition coefficient (Wildman–Crippen LogP) is 12.8. The van der Waals surface area contributed by atoms with Crippen LogP contribution in [0, 0.1) is 0 Å². The van der Waals surface area contributed by atoms with E-state index in [1.165, 1.54) is 89.9 Å². The third-order valence-corrected chi connectivity index (χ3v) is 11.7. The molecule has 2 atom stereocenters. The Morgan fingerprint density at radius 3 is 1.44 bits per heavy atom. The number of quaternary nitrogens is 1. The first-order valence-electron chi connectivity index (χ1n) is 24.2. The van der Waals surface area contributed by atoms with Crippen LogP contribution in [-0.4, -0.2) is 87.0 Å². The molecule has 61 heavy (non-hydrogen) atoms. The molecule has 0 spiro atoms. The van der Waals surface area contributed by atoms with Crippen molar-refractivity contribution in [1.82, 2.24) is 0 Å². The number of nitrogens with zero attached hydrogens (tertiary/aromatic N) is 1. The van der Waals surface area contributed by atoms with Crippen LogP contribution in [0.15, 0.2) is 36.5 Å². The molecule has 1 unspecified atom stereocenters. The maximum absolute atomic E-state index is 12.8. The number of likely N-dealkylation sites (N-methyl/N-ethyl adjacent to an activating group) is 1. The normalized spacial score (nSPS) is 13.4. The number of allylic oxidation sites excluding steroid dienone is 4. The minimum absolute atomic E-state index is 0.112. The van der Waals surface area contributed by atoms with Crippen LogP contribution in [0.2, 0.25) is 0 Å². The van der Waals surface area contributed by atoms with Crippen LogP contribution in [0.25, 0.3) is 0 Å². The second-order valence-corrected chi connectivity index (χ2v) is 18.8. The number of phosphoric ester groups is 1. The summed E-state index contributed by atoms with van der Waals surface area (Å²) in [6, 6.07) is 0. The van der Waals surface area contributed by atoms with Crippen molar-refractivity contribution in [2.45, 2.75) is 207 Å². The summed E-state index contributed by atoms with van der Waals surface area (Å²) >= 11 is 0. The summed E-state index contributed by atoms with van der Waals surface area (Å²) in [5.74, 6) is -1.36. The van der Waals surface area contributed by atoms with Crippen LogP contribution in [0.1, 0.15) is 201 Å². The average Bonchev–Trinajstić information content (AvgIpc) is 3.21. The van der Waals surface area contributed by atoms with Gasteiger partial charge in [0, 0.05) is 18.4 Å². The fraction of sp³-hybridized carbons (Fsp3) is 0.816. The van der Waals surface area contributed by atoms with Crippen LogP contribution in [0.3, 0.4) is 0 Å². The molecule has 0 aliphatic carbocycles. The van der Waals surface area contributed by atoms with Gasteiger partial charge in [0.2, 0.25) is 0 Å². The number of esters is 3. The minimum atomic E-state index is -4.53. The highest BCUT2D eigenvalue weighted by atomic mass is 31.2. The van der Waals surface area contributed by atoms with Gasteiger partial charge in [-0.2, -0.15) is 0 Å². The molecular weight excluding hydrogens is 794 g/mol. The van der Waals surface area contributed by atoms with E-state index < -0.39 is 38.4 Å². The molecular formula is C49H91NO10P+. The maximum Gasteiger partial charge on any atom is 0.472 e. The molecule has 1 N–H and O–H groups in total. The Hall–Kier alpha value is -2.30. The Bertz CT molecular complexity index is 1220. The summed E-state index contributed by atoms with van der Waals surface area (Å²) in [5.41, 5.74) is 0.312. The zero-order valence-corrected chi connectivity index (χ0v) is 40.5. The van der Waals surface area contributed by atoms with Gasteiger partial charge >= 0.3 is 25.7 Å². The maximum atomic E-state index is 12.8. The summed E-state index contributed by atoms with van der Waals surface area (Å²) in [6.07, 6.45) is 38.7. The standard InChI is InChI=1S/C49H90NO10P/c1-7-9-11-13-15-17-19-21-23-25-27-29-31-33-35-37-47(51)57-43-46(44-59-61(54,55)58-42-40-50(5,6)39-41-56-49(53)45(3)4)60-48(52)38-36-34-32-30-28-26-24-22-20-18-16-14-12-10-8-2/h23-26,46H,3,7-22,27-44H2,1-2,4-6H3/p+1/b25-23-,26-24-/t46-/m1/s1. The Balaban J connectivity index is 4.68. The first-order chi connectivity index (χ1) is 29.3. The first-order valence-corrected chi connectivity index (χ1v) is 25.7. The van der Waals surface area contributed by atoms with E-state index in [0.717, 1.165) is 64.2 Å². The third-order valence-electron chi connectivity index (χ3n) is 10.7. The van der Waals surface area contributed by atoms with E-state index in [-0.39, 0.29) is 32.7 Å². The number of unbranched alkanes of at least 4 members (excludes halogenated alkanes) is 22. The zero-order chi connectivity index (χ0) is 45.3. The van der Waals surface area contributed by atoms with Crippen molar-refractivity contribution in [2.24, 2.45) is 0 Å². The Labute approximate surface area is 373 Å². The van der Waals surface area contributed by atoms with Gasteiger partial charge in [-0.3, -0.25) is 18.6 Å². The topological polar surface area (TPSA) is 135 Å². The van der Waals surface area contributed by atoms with Crippen molar-refractivity contribution in [1.29, 1.82) is 0 Å². The fourth-order valence-corrected chi connectivity index (χ4v) is 7.28. The van der Waals surface area contributed by atoms with E-state index in [9.17, 15) is 23.8 Å². The van der Waals surface area contributed by atoms with E-state index in [2.05, 4.69) is 44.7 Å². The highest BCUT2D eigenvalue weighted by Crippen LogP contribution is 2.43. The largest absolute Gasteiger partial charge is 0.472 e. The lowest BCUT2D eigenvalue weighted by Crippen LogP contribution is -2.44. The van der Waals surface area contributed by atoms with Crippen molar-refractivity contribution in [3.05, 3.63) is 36.5 Å². The summed E-state index contributed by atoms with van der Waals surface area (Å²) in [7, 11) is -0.782. The van der Waals surface area contributed by atoms with Gasteiger partial charge in [0.1, 0.15) is 32.9 Å². The van der Waals surface area contributed by atoms with Crippen LogP contribution < -0.4 is 0 Å². The van der Waals surface area contributed by atoms with Crippen molar-refractivity contribution in [3.8, 4) is 0 Å². The second kappa shape index (κ2) is 40.5. The molecule has 0 saturated heterocycles. The predicted molar refractivity (Wildman–Crippen MR) is 249 cm³/mol. The third kappa shape index (κ3) is 41.5. The van der Waals surface area contributed by atoms with Crippen molar-refractivity contribution < 1.29 is 51.6 Å². The molecule has 0 aromatic carbocycles. The molecule has 0 amide bonds. The van der Waals surface area contributed by atoms with Crippen molar-refractivity contribution in [2.75, 3.05) is 53.6 Å². The number of ether oxygens (including phenoxy) is 3. The molecule has 0 heterocycles. The van der Waals surface area contributed by atoms with Crippen LogP contribution >= 0.6 is 7.82 Å². The molecule has 0 fully saturated rings. The highest BCUT2D eigenvalue weighted by molar-refractivity contribution is 7.47. The van der Waals surface area contributed by atoms with Gasteiger partial charge in [0.25, 0.3) is 0 Å². The smallest absolute Gasteiger partial charge is 0.462 e. The van der Waals surface area contributed by atoms with Gasteiger partial charge in [-0.05, 0) is 71.1 Å². The minimum Gasteiger partial charge on any atom is -0.462 e. The lowest BCUT2D eigenvalue weighted by Gasteiger charge is -2.29. The highest BCUT2D eigenvalue weighted by Gasteiger charge is 2.27. The molecule has 0 bridgehead atoms. The lowest BCUT2D eigenvalue weighted by atomic mass is 10.1. The van der Waals surface area contributed by atoms with Gasteiger partial charge in [0.15, 0.2) is 6.10 Å². The summed E-state index contributed by atoms with van der Waals surface area (Å²) < 4.78 is 39.7. The SMILES string of the molecule is C=C(C)C(=O)OCC[N+](C)(C)CCOP(=O)(O)OC[C@@H](COC(=O)CCCCCC/C=C\CCCCCCCCC)OC(=O)CCCCCC/C=C\CCCCCCCCC. The molecule has 0 radical (unpaired) electrons. The van der Waals surface area contributed by atoms with E-state index in [1.807, 2.05) is 14.1 Å². The molecule has 356 valence electrons. The molecule has 0 aliphatic rings. The second-order valence-electron chi connectivity index (χ2n) is 17.4. The van der Waals surface area contributed by atoms with Crippen molar-refractivity contribution >= 4 is 25.7 Å². The molecule has 0 aromatic heterocycles. The number of carbonyl (C=O) groups is 3. The number of hydrogen-bond donors (Lipinski definition) is 1. The van der Waals surface area contributed by atoms with Crippen LogP contribution in [-0.2, 0) is 42.2 Å². The molecule has 0 aliphatic heterocycles. The first kappa shape index (κ1) is 58.7.